The molecule has 0 aliphatic rings. The zero-order chi connectivity index (χ0) is 31.9. The van der Waals surface area contributed by atoms with Crippen LogP contribution < -0.4 is 19.1 Å². The summed E-state index contributed by atoms with van der Waals surface area (Å²) in [5.74, 6) is -1.23. The molecule has 0 aliphatic heterocycles. The third-order valence-corrected chi connectivity index (χ3v) is 9.35. The van der Waals surface area contributed by atoms with Crippen LogP contribution in [0.4, 0.5) is 10.1 Å². The van der Waals surface area contributed by atoms with Gasteiger partial charge in [0.25, 0.3) is 10.0 Å². The number of carbonyl (C=O) groups excluding carboxylic acids is 2. The molecule has 0 unspecified atom stereocenters. The molecule has 43 heavy (non-hydrogen) atoms. The van der Waals surface area contributed by atoms with Crippen LogP contribution in [0.15, 0.2) is 65.6 Å². The van der Waals surface area contributed by atoms with Crippen LogP contribution in [0.2, 0.25) is 10.0 Å². The molecule has 0 heterocycles. The fraction of sp³-hybridized carbons (Fsp3) is 0.333. The highest BCUT2D eigenvalue weighted by atomic mass is 35.5. The fourth-order valence-electron chi connectivity index (χ4n) is 4.12. The summed E-state index contributed by atoms with van der Waals surface area (Å²) in [5, 5.41) is 3.43. The van der Waals surface area contributed by atoms with Crippen molar-refractivity contribution in [3.8, 4) is 11.5 Å². The van der Waals surface area contributed by atoms with E-state index in [9.17, 15) is 22.4 Å². The number of rotatable bonds is 13. The van der Waals surface area contributed by atoms with Crippen molar-refractivity contribution in [2.75, 3.05) is 25.1 Å². The number of hydrogen-bond donors (Lipinski definition) is 1. The lowest BCUT2D eigenvalue weighted by Crippen LogP contribution is -2.52. The predicted octanol–water partition coefficient (Wildman–Crippen LogP) is 5.68. The number of ether oxygens (including phenoxy) is 2. The second-order valence-corrected chi connectivity index (χ2v) is 12.4. The fourth-order valence-corrected chi connectivity index (χ4v) is 5.87. The van der Waals surface area contributed by atoms with E-state index in [1.165, 1.54) is 49.5 Å². The standard InChI is InChI=1S/C30H34Cl2FN3O6S/c1-6-19(2)34-30(38)20(3)35(17-21-7-13-25(31)26(32)15-21)29(37)18-36(23-10-8-22(33)9-11-23)43(39,40)24-12-14-27(41-4)28(16-24)42-5/h7-16,19-20H,6,17-18H2,1-5H3,(H,34,38)/t19-,20+/m1/s1. The van der Waals surface area contributed by atoms with Crippen molar-refractivity contribution in [3.63, 3.8) is 0 Å². The number of nitrogens with one attached hydrogen (secondary N) is 1. The van der Waals surface area contributed by atoms with Crippen molar-refractivity contribution in [2.24, 2.45) is 0 Å². The molecule has 0 saturated carbocycles. The van der Waals surface area contributed by atoms with Crippen molar-refractivity contribution in [2.45, 2.75) is 50.7 Å². The van der Waals surface area contributed by atoms with E-state index in [1.807, 2.05) is 13.8 Å². The number of amides is 2. The van der Waals surface area contributed by atoms with Crippen molar-refractivity contribution in [3.05, 3.63) is 82.1 Å². The van der Waals surface area contributed by atoms with Crippen LogP contribution >= 0.6 is 23.2 Å². The van der Waals surface area contributed by atoms with Gasteiger partial charge in [0.15, 0.2) is 11.5 Å². The number of anilines is 1. The quantitative estimate of drug-likeness (QED) is 0.255. The monoisotopic (exact) mass is 653 g/mol. The number of sulfonamides is 1. The molecule has 0 fully saturated rings. The molecule has 0 spiro atoms. The molecule has 0 aromatic heterocycles. The normalized spacial score (nSPS) is 12.7. The van der Waals surface area contributed by atoms with Crippen LogP contribution in [0.3, 0.4) is 0 Å². The second-order valence-electron chi connectivity index (χ2n) is 9.77. The lowest BCUT2D eigenvalue weighted by Gasteiger charge is -2.32. The van der Waals surface area contributed by atoms with Gasteiger partial charge in [0.05, 0.1) is 34.8 Å². The van der Waals surface area contributed by atoms with Crippen molar-refractivity contribution in [1.29, 1.82) is 0 Å². The molecule has 2 amide bonds. The first-order valence-electron chi connectivity index (χ1n) is 13.4. The van der Waals surface area contributed by atoms with Gasteiger partial charge in [0.2, 0.25) is 11.8 Å². The minimum atomic E-state index is -4.42. The summed E-state index contributed by atoms with van der Waals surface area (Å²) in [7, 11) is -1.64. The van der Waals surface area contributed by atoms with Gasteiger partial charge >= 0.3 is 0 Å². The predicted molar refractivity (Wildman–Crippen MR) is 165 cm³/mol. The number of halogens is 3. The zero-order valence-electron chi connectivity index (χ0n) is 24.4. The van der Waals surface area contributed by atoms with Gasteiger partial charge in [-0.15, -0.1) is 0 Å². The number of carbonyl (C=O) groups is 2. The summed E-state index contributed by atoms with van der Waals surface area (Å²) in [4.78, 5) is 28.2. The molecule has 9 nitrogen and oxygen atoms in total. The molecule has 13 heteroatoms. The Hall–Kier alpha value is -3.54. The summed E-state index contributed by atoms with van der Waals surface area (Å²) >= 11 is 12.3. The Morgan fingerprint density at radius 3 is 2.16 bits per heavy atom. The van der Waals surface area contributed by atoms with E-state index in [1.54, 1.807) is 25.1 Å². The van der Waals surface area contributed by atoms with Gasteiger partial charge in [0, 0.05) is 18.7 Å². The maximum absolute atomic E-state index is 14.0. The van der Waals surface area contributed by atoms with Gasteiger partial charge in [-0.25, -0.2) is 12.8 Å². The van der Waals surface area contributed by atoms with Gasteiger partial charge < -0.3 is 19.7 Å². The van der Waals surface area contributed by atoms with E-state index in [0.717, 1.165) is 16.4 Å². The lowest BCUT2D eigenvalue weighted by molar-refractivity contribution is -0.139. The van der Waals surface area contributed by atoms with Gasteiger partial charge in [-0.2, -0.15) is 0 Å². The van der Waals surface area contributed by atoms with E-state index >= 15 is 0 Å². The maximum atomic E-state index is 14.0. The molecule has 0 saturated heterocycles. The van der Waals surface area contributed by atoms with Crippen molar-refractivity contribution < 1.29 is 31.9 Å². The number of nitrogens with zero attached hydrogens (tertiary/aromatic N) is 2. The van der Waals surface area contributed by atoms with Crippen LogP contribution in [0.25, 0.3) is 0 Å². The lowest BCUT2D eigenvalue weighted by atomic mass is 10.1. The first-order valence-corrected chi connectivity index (χ1v) is 15.6. The molecule has 3 rings (SSSR count). The van der Waals surface area contributed by atoms with Crippen molar-refractivity contribution >= 4 is 50.7 Å². The van der Waals surface area contributed by atoms with E-state index in [-0.39, 0.29) is 33.9 Å². The zero-order valence-corrected chi connectivity index (χ0v) is 26.8. The van der Waals surface area contributed by atoms with Crippen LogP contribution in [0.5, 0.6) is 11.5 Å². The Morgan fingerprint density at radius 2 is 1.58 bits per heavy atom. The van der Waals surface area contributed by atoms with Gasteiger partial charge in [-0.3, -0.25) is 13.9 Å². The van der Waals surface area contributed by atoms with E-state index in [0.29, 0.717) is 22.8 Å². The topological polar surface area (TPSA) is 105 Å². The summed E-state index contributed by atoms with van der Waals surface area (Å²) in [6, 6.07) is 12.3. The third kappa shape index (κ3) is 8.31. The Balaban J connectivity index is 2.08. The highest BCUT2D eigenvalue weighted by molar-refractivity contribution is 7.92. The largest absolute Gasteiger partial charge is 0.493 e. The van der Waals surface area contributed by atoms with E-state index < -0.39 is 40.2 Å². The Kier molecular flexibility index (Phi) is 11.7. The molecular weight excluding hydrogens is 620 g/mol. The molecular formula is C30H34Cl2FN3O6S. The van der Waals surface area contributed by atoms with Gasteiger partial charge in [-0.1, -0.05) is 36.2 Å². The minimum Gasteiger partial charge on any atom is -0.493 e. The molecule has 1 N–H and O–H groups in total. The minimum absolute atomic E-state index is 0.0377. The first kappa shape index (κ1) is 34.0. The first-order chi connectivity index (χ1) is 20.3. The number of methoxy groups -OCH3 is 2. The number of hydrogen-bond acceptors (Lipinski definition) is 6. The second kappa shape index (κ2) is 14.8. The molecule has 3 aromatic carbocycles. The molecule has 0 bridgehead atoms. The third-order valence-electron chi connectivity index (χ3n) is 6.84. The van der Waals surface area contributed by atoms with Gasteiger partial charge in [-0.05, 0) is 74.4 Å². The van der Waals surface area contributed by atoms with Gasteiger partial charge in [0.1, 0.15) is 18.4 Å². The summed E-state index contributed by atoms with van der Waals surface area (Å²) in [6.07, 6.45) is 0.668. The molecule has 232 valence electrons. The number of benzene rings is 3. The summed E-state index contributed by atoms with van der Waals surface area (Å²) in [5.41, 5.74) is 0.609. The van der Waals surface area contributed by atoms with Crippen molar-refractivity contribution in [1.82, 2.24) is 10.2 Å². The highest BCUT2D eigenvalue weighted by Crippen LogP contribution is 2.32. The average molecular weight is 655 g/mol. The van der Waals surface area contributed by atoms with Crippen LogP contribution in [0.1, 0.15) is 32.8 Å². The summed E-state index contributed by atoms with van der Waals surface area (Å²) in [6.45, 7) is 4.52. The van der Waals surface area contributed by atoms with E-state index in [4.69, 9.17) is 32.7 Å². The van der Waals surface area contributed by atoms with Crippen LogP contribution in [-0.4, -0.2) is 58.0 Å². The average Bonchev–Trinajstić information content (AvgIpc) is 2.99. The molecule has 0 radical (unpaired) electrons. The Bertz CT molecular complexity index is 1560. The Labute approximate surface area is 261 Å². The molecule has 0 aliphatic carbocycles. The Morgan fingerprint density at radius 1 is 0.930 bits per heavy atom. The molecule has 3 aromatic rings. The maximum Gasteiger partial charge on any atom is 0.264 e. The van der Waals surface area contributed by atoms with Crippen LogP contribution in [0, 0.1) is 5.82 Å². The van der Waals surface area contributed by atoms with E-state index in [2.05, 4.69) is 5.32 Å². The van der Waals surface area contributed by atoms with Crippen LogP contribution in [-0.2, 0) is 26.2 Å². The SMILES string of the molecule is CC[C@@H](C)NC(=O)[C@H](C)N(Cc1ccc(Cl)c(Cl)c1)C(=O)CN(c1ccc(F)cc1)S(=O)(=O)c1ccc(OC)c(OC)c1. The highest BCUT2D eigenvalue weighted by Gasteiger charge is 2.33. The smallest absolute Gasteiger partial charge is 0.264 e. The molecule has 2 atom stereocenters. The summed E-state index contributed by atoms with van der Waals surface area (Å²) < 4.78 is 53.2.